The quantitative estimate of drug-likeness (QED) is 0.648. The molecule has 3 fully saturated rings. The summed E-state index contributed by atoms with van der Waals surface area (Å²) in [5.41, 5.74) is 0.665. The summed E-state index contributed by atoms with van der Waals surface area (Å²) in [7, 11) is 6.99. The predicted molar refractivity (Wildman–Crippen MR) is 62.9 cm³/mol. The molecule has 90 valence electrons. The van der Waals surface area contributed by atoms with Crippen LogP contribution in [-0.2, 0) is 0 Å². The third-order valence-corrected chi connectivity index (χ3v) is 4.78. The number of rotatable bonds is 2. The highest BCUT2D eigenvalue weighted by Crippen LogP contribution is 2.61. The van der Waals surface area contributed by atoms with E-state index < -0.39 is 0 Å². The summed E-state index contributed by atoms with van der Waals surface area (Å²) < 4.78 is 1.14. The van der Waals surface area contributed by atoms with Gasteiger partial charge in [-0.25, -0.2) is 0 Å². The van der Waals surface area contributed by atoms with E-state index in [-0.39, 0.29) is 5.48 Å². The minimum atomic E-state index is 0. The van der Waals surface area contributed by atoms with Crippen LogP contribution >= 0.6 is 0 Å². The van der Waals surface area contributed by atoms with Crippen LogP contribution in [0.15, 0.2) is 0 Å². The largest absolute Gasteiger partial charge is 0.870 e. The summed E-state index contributed by atoms with van der Waals surface area (Å²) in [6, 6.07) is 0. The van der Waals surface area contributed by atoms with Crippen molar-refractivity contribution in [1.29, 1.82) is 0 Å². The SMILES string of the molecule is CC1(C)C2CCC(C[N+](C)(C)C)C1C2.[OH-]. The lowest BCUT2D eigenvalue weighted by Crippen LogP contribution is -2.56. The van der Waals surface area contributed by atoms with E-state index in [1.165, 1.54) is 25.8 Å². The molecular weight excluding hydrogens is 186 g/mol. The summed E-state index contributed by atoms with van der Waals surface area (Å²) in [5.74, 6) is 3.07. The average molecular weight is 213 g/mol. The maximum atomic E-state index is 2.49. The molecule has 0 radical (unpaired) electrons. The number of nitrogens with zero attached hydrogens (tertiary/aromatic N) is 1. The van der Waals surface area contributed by atoms with Crippen molar-refractivity contribution in [1.82, 2.24) is 0 Å². The van der Waals surface area contributed by atoms with Crippen LogP contribution in [0.1, 0.15) is 33.1 Å². The van der Waals surface area contributed by atoms with E-state index >= 15 is 0 Å². The van der Waals surface area contributed by atoms with Crippen molar-refractivity contribution in [2.75, 3.05) is 27.7 Å². The van der Waals surface area contributed by atoms with Crippen molar-refractivity contribution in [2.45, 2.75) is 33.1 Å². The van der Waals surface area contributed by atoms with E-state index in [0.29, 0.717) is 5.41 Å². The molecule has 0 aromatic rings. The van der Waals surface area contributed by atoms with Crippen LogP contribution in [0.3, 0.4) is 0 Å². The lowest BCUT2D eigenvalue weighted by Gasteiger charge is -2.60. The van der Waals surface area contributed by atoms with E-state index in [9.17, 15) is 0 Å². The molecule has 1 N–H and O–H groups in total. The fourth-order valence-corrected chi connectivity index (χ4v) is 3.88. The molecule has 2 heteroatoms. The topological polar surface area (TPSA) is 30.0 Å². The van der Waals surface area contributed by atoms with Gasteiger partial charge in [-0.05, 0) is 36.5 Å². The van der Waals surface area contributed by atoms with Crippen LogP contribution in [0, 0.1) is 23.2 Å². The van der Waals surface area contributed by atoms with Gasteiger partial charge in [0.25, 0.3) is 0 Å². The molecule has 3 aliphatic carbocycles. The van der Waals surface area contributed by atoms with Gasteiger partial charge in [0, 0.05) is 5.92 Å². The molecule has 2 bridgehead atoms. The van der Waals surface area contributed by atoms with E-state index in [0.717, 1.165) is 22.2 Å². The summed E-state index contributed by atoms with van der Waals surface area (Å²) in [6.45, 7) is 6.36. The van der Waals surface area contributed by atoms with Gasteiger partial charge in [-0.3, -0.25) is 0 Å². The second-order valence-electron chi connectivity index (χ2n) is 7.17. The third-order valence-electron chi connectivity index (χ3n) is 4.78. The number of quaternary nitrogens is 1. The molecule has 0 aromatic carbocycles. The zero-order valence-electron chi connectivity index (χ0n) is 11.0. The molecule has 15 heavy (non-hydrogen) atoms. The average Bonchev–Trinajstić information content (AvgIpc) is 2.00. The Morgan fingerprint density at radius 2 is 1.73 bits per heavy atom. The predicted octanol–water partition coefficient (Wildman–Crippen LogP) is 2.59. The standard InChI is InChI=1S/C13H26N.H2O/c1-13(2)11-7-6-10(12(13)8-11)9-14(3,4)5;/h10-12H,6-9H2,1-5H3;1H2/q+1;/p-1. The summed E-state index contributed by atoms with van der Waals surface area (Å²) in [4.78, 5) is 0. The van der Waals surface area contributed by atoms with E-state index in [4.69, 9.17) is 0 Å². The molecule has 3 atom stereocenters. The Morgan fingerprint density at radius 3 is 2.13 bits per heavy atom. The molecule has 0 aromatic heterocycles. The zero-order chi connectivity index (χ0) is 10.6. The zero-order valence-corrected chi connectivity index (χ0v) is 11.0. The highest BCUT2D eigenvalue weighted by molar-refractivity contribution is 5.03. The molecule has 2 nitrogen and oxygen atoms in total. The highest BCUT2D eigenvalue weighted by Gasteiger charge is 2.54. The molecule has 0 spiro atoms. The molecule has 0 amide bonds. The van der Waals surface area contributed by atoms with Crippen molar-refractivity contribution in [2.24, 2.45) is 23.2 Å². The Labute approximate surface area is 94.6 Å². The maximum Gasteiger partial charge on any atom is 0.0811 e. The van der Waals surface area contributed by atoms with Crippen molar-refractivity contribution in [3.05, 3.63) is 0 Å². The Balaban J connectivity index is 0.00000112. The minimum Gasteiger partial charge on any atom is -0.870 e. The molecule has 3 unspecified atom stereocenters. The van der Waals surface area contributed by atoms with Crippen molar-refractivity contribution in [3.63, 3.8) is 0 Å². The van der Waals surface area contributed by atoms with Gasteiger partial charge in [0.1, 0.15) is 0 Å². The van der Waals surface area contributed by atoms with E-state index in [2.05, 4.69) is 35.0 Å². The third kappa shape index (κ3) is 2.21. The molecule has 3 aliphatic rings. The van der Waals surface area contributed by atoms with Gasteiger partial charge in [-0.1, -0.05) is 13.8 Å². The molecular formula is C13H27NO. The summed E-state index contributed by atoms with van der Waals surface area (Å²) in [5, 5.41) is 0. The number of hydrogen-bond donors (Lipinski definition) is 0. The second-order valence-corrected chi connectivity index (χ2v) is 7.17. The lowest BCUT2D eigenvalue weighted by molar-refractivity contribution is -0.875. The van der Waals surface area contributed by atoms with Crippen LogP contribution < -0.4 is 0 Å². The first kappa shape index (κ1) is 13.0. The molecule has 0 heterocycles. The first-order chi connectivity index (χ1) is 6.31. The van der Waals surface area contributed by atoms with Crippen molar-refractivity contribution in [3.8, 4) is 0 Å². The second kappa shape index (κ2) is 3.74. The summed E-state index contributed by atoms with van der Waals surface area (Å²) >= 11 is 0. The first-order valence-electron chi connectivity index (χ1n) is 6.11. The fraction of sp³-hybridized carbons (Fsp3) is 1.00. The molecule has 3 saturated carbocycles. The van der Waals surface area contributed by atoms with Crippen LogP contribution in [0.2, 0.25) is 0 Å². The van der Waals surface area contributed by atoms with Gasteiger partial charge in [0.05, 0.1) is 27.7 Å². The normalized spacial score (nSPS) is 37.8. The van der Waals surface area contributed by atoms with Crippen LogP contribution in [-0.4, -0.2) is 37.6 Å². The molecule has 3 rings (SSSR count). The first-order valence-corrected chi connectivity index (χ1v) is 6.11. The van der Waals surface area contributed by atoms with Crippen LogP contribution in [0.25, 0.3) is 0 Å². The van der Waals surface area contributed by atoms with Gasteiger partial charge in [-0.15, -0.1) is 0 Å². The van der Waals surface area contributed by atoms with Gasteiger partial charge in [0.15, 0.2) is 0 Å². The van der Waals surface area contributed by atoms with Crippen molar-refractivity contribution >= 4 is 0 Å². The van der Waals surface area contributed by atoms with Gasteiger partial charge in [0.2, 0.25) is 0 Å². The van der Waals surface area contributed by atoms with E-state index in [1.807, 2.05) is 0 Å². The van der Waals surface area contributed by atoms with E-state index in [1.54, 1.807) is 0 Å². The number of fused-ring (bicyclic) bond motifs is 2. The van der Waals surface area contributed by atoms with Crippen molar-refractivity contribution < 1.29 is 9.96 Å². The lowest BCUT2D eigenvalue weighted by atomic mass is 9.45. The Hall–Kier alpha value is -0.0800. The van der Waals surface area contributed by atoms with Gasteiger partial charge < -0.3 is 9.96 Å². The smallest absolute Gasteiger partial charge is 0.0811 e. The summed E-state index contributed by atoms with van der Waals surface area (Å²) in [6.07, 6.45) is 4.51. The van der Waals surface area contributed by atoms with Gasteiger partial charge in [-0.2, -0.15) is 0 Å². The Kier molecular flexibility index (Phi) is 3.24. The minimum absolute atomic E-state index is 0. The fourth-order valence-electron chi connectivity index (χ4n) is 3.88. The molecule has 0 aliphatic heterocycles. The Morgan fingerprint density at radius 1 is 1.13 bits per heavy atom. The highest BCUT2D eigenvalue weighted by atomic mass is 16.0. The van der Waals surface area contributed by atoms with Crippen LogP contribution in [0.4, 0.5) is 0 Å². The molecule has 0 saturated heterocycles. The van der Waals surface area contributed by atoms with Gasteiger partial charge >= 0.3 is 0 Å². The monoisotopic (exact) mass is 213 g/mol. The van der Waals surface area contributed by atoms with Crippen LogP contribution in [0.5, 0.6) is 0 Å². The maximum absolute atomic E-state index is 2.49. The Bertz CT molecular complexity index is 227. The number of hydrogen-bond acceptors (Lipinski definition) is 1.